The van der Waals surface area contributed by atoms with Crippen LogP contribution in [0.25, 0.3) is 17.0 Å². The van der Waals surface area contributed by atoms with E-state index in [9.17, 15) is 18.4 Å². The molecule has 0 spiro atoms. The summed E-state index contributed by atoms with van der Waals surface area (Å²) >= 11 is 0. The molecule has 0 saturated carbocycles. The number of amides is 2. The Morgan fingerprint density at radius 1 is 1.09 bits per heavy atom. The first-order chi connectivity index (χ1) is 15.3. The Kier molecular flexibility index (Phi) is 5.85. The number of nitrogens with zero attached hydrogens (tertiary/aromatic N) is 4. The molecule has 3 heterocycles. The molecular formula is C22H21F2N5O3. The van der Waals surface area contributed by atoms with Crippen molar-refractivity contribution >= 4 is 23.2 Å². The van der Waals surface area contributed by atoms with Crippen LogP contribution in [0.5, 0.6) is 0 Å². The standard InChI is InChI=1S/C22H21F2N5O3/c1-13(30)28-9-11-29(12-10-28)17-6-5-14(7-8-26-17)20-19(21(25)31)27-22(32-20)18-15(23)3-2-4-16(18)24/h2-7H,8-12H2,1H3,(H2,25,31). The molecule has 0 radical (unpaired) electrons. The number of amidine groups is 1. The Morgan fingerprint density at radius 2 is 1.78 bits per heavy atom. The molecular weight excluding hydrogens is 420 g/mol. The summed E-state index contributed by atoms with van der Waals surface area (Å²) in [7, 11) is 0. The number of primary amides is 1. The molecule has 2 amide bonds. The van der Waals surface area contributed by atoms with Crippen LogP contribution in [-0.4, -0.2) is 65.2 Å². The summed E-state index contributed by atoms with van der Waals surface area (Å²) in [5.41, 5.74) is 5.21. The molecule has 1 aromatic heterocycles. The van der Waals surface area contributed by atoms with E-state index in [1.165, 1.54) is 6.07 Å². The number of piperazine rings is 1. The van der Waals surface area contributed by atoms with Crippen LogP contribution >= 0.6 is 0 Å². The third-order valence-electron chi connectivity index (χ3n) is 5.32. The monoisotopic (exact) mass is 441 g/mol. The molecule has 4 rings (SSSR count). The van der Waals surface area contributed by atoms with E-state index in [0.29, 0.717) is 31.8 Å². The van der Waals surface area contributed by atoms with E-state index in [1.54, 1.807) is 30.1 Å². The highest BCUT2D eigenvalue weighted by molar-refractivity contribution is 6.00. The van der Waals surface area contributed by atoms with Crippen LogP contribution in [0.1, 0.15) is 23.2 Å². The van der Waals surface area contributed by atoms with Gasteiger partial charge in [0.2, 0.25) is 11.8 Å². The highest BCUT2D eigenvalue weighted by atomic mass is 19.1. The van der Waals surface area contributed by atoms with Gasteiger partial charge in [-0.3, -0.25) is 14.6 Å². The van der Waals surface area contributed by atoms with Crippen molar-refractivity contribution in [3.8, 4) is 11.5 Å². The second-order valence-corrected chi connectivity index (χ2v) is 7.34. The van der Waals surface area contributed by atoms with Gasteiger partial charge in [-0.15, -0.1) is 0 Å². The van der Waals surface area contributed by atoms with Gasteiger partial charge >= 0.3 is 0 Å². The maximum Gasteiger partial charge on any atom is 0.271 e. The molecule has 0 atom stereocenters. The van der Waals surface area contributed by atoms with Gasteiger partial charge in [0.25, 0.3) is 5.91 Å². The van der Waals surface area contributed by atoms with E-state index in [0.717, 1.165) is 18.0 Å². The number of nitrogens with two attached hydrogens (primary N) is 1. The van der Waals surface area contributed by atoms with Crippen LogP contribution in [-0.2, 0) is 4.79 Å². The lowest BCUT2D eigenvalue weighted by Gasteiger charge is -2.35. The molecule has 2 aliphatic rings. The molecule has 2 aliphatic heterocycles. The molecule has 2 aromatic rings. The van der Waals surface area contributed by atoms with E-state index in [2.05, 4.69) is 14.9 Å². The third kappa shape index (κ3) is 4.16. The van der Waals surface area contributed by atoms with Crippen molar-refractivity contribution < 1.29 is 22.8 Å². The van der Waals surface area contributed by atoms with Crippen molar-refractivity contribution in [1.82, 2.24) is 14.8 Å². The highest BCUT2D eigenvalue weighted by Gasteiger charge is 2.25. The fourth-order valence-corrected chi connectivity index (χ4v) is 3.64. The number of oxazole rings is 1. The Hall–Kier alpha value is -3.82. The number of carbonyl (C=O) groups excluding carboxylic acids is 2. The number of allylic oxidation sites excluding steroid dienone is 2. The molecule has 166 valence electrons. The van der Waals surface area contributed by atoms with Gasteiger partial charge in [0, 0.05) is 38.7 Å². The maximum absolute atomic E-state index is 14.2. The van der Waals surface area contributed by atoms with Crippen LogP contribution in [0.2, 0.25) is 0 Å². The minimum absolute atomic E-state index is 0.0178. The van der Waals surface area contributed by atoms with Crippen LogP contribution in [0.3, 0.4) is 0 Å². The Labute approximate surface area is 182 Å². The minimum atomic E-state index is -0.883. The fourth-order valence-electron chi connectivity index (χ4n) is 3.64. The van der Waals surface area contributed by atoms with Gasteiger partial charge in [-0.1, -0.05) is 12.1 Å². The van der Waals surface area contributed by atoms with E-state index >= 15 is 0 Å². The van der Waals surface area contributed by atoms with Crippen molar-refractivity contribution in [2.24, 2.45) is 10.7 Å². The first-order valence-corrected chi connectivity index (χ1v) is 10.0. The summed E-state index contributed by atoms with van der Waals surface area (Å²) in [5, 5.41) is 0. The van der Waals surface area contributed by atoms with Gasteiger partial charge in [-0.05, 0) is 24.3 Å². The van der Waals surface area contributed by atoms with Crippen LogP contribution < -0.4 is 5.73 Å². The van der Waals surface area contributed by atoms with Gasteiger partial charge in [-0.2, -0.15) is 0 Å². The number of rotatable bonds is 3. The first-order valence-electron chi connectivity index (χ1n) is 10.0. The van der Waals surface area contributed by atoms with Crippen molar-refractivity contribution in [2.45, 2.75) is 6.92 Å². The third-order valence-corrected chi connectivity index (χ3v) is 5.32. The van der Waals surface area contributed by atoms with Crippen LogP contribution in [0.4, 0.5) is 8.78 Å². The van der Waals surface area contributed by atoms with Gasteiger partial charge < -0.3 is 20.0 Å². The molecule has 0 aliphatic carbocycles. The summed E-state index contributed by atoms with van der Waals surface area (Å²) < 4.78 is 34.0. The molecule has 0 bridgehead atoms. The predicted octanol–water partition coefficient (Wildman–Crippen LogP) is 2.23. The maximum atomic E-state index is 14.2. The van der Waals surface area contributed by atoms with E-state index in [-0.39, 0.29) is 29.8 Å². The molecule has 0 unspecified atom stereocenters. The molecule has 8 nitrogen and oxygen atoms in total. The quantitative estimate of drug-likeness (QED) is 0.787. The van der Waals surface area contributed by atoms with Crippen molar-refractivity contribution in [3.05, 3.63) is 59.5 Å². The summed E-state index contributed by atoms with van der Waals surface area (Å²) in [5.74, 6) is -2.21. The Balaban J connectivity index is 1.60. The van der Waals surface area contributed by atoms with Gasteiger partial charge in [0.1, 0.15) is 23.0 Å². The lowest BCUT2D eigenvalue weighted by atomic mass is 10.1. The summed E-state index contributed by atoms with van der Waals surface area (Å²) in [6.45, 7) is 4.33. The summed E-state index contributed by atoms with van der Waals surface area (Å²) in [6.07, 6.45) is 5.17. The lowest BCUT2D eigenvalue weighted by Crippen LogP contribution is -2.49. The first kappa shape index (κ1) is 21.4. The number of hydrogen-bond donors (Lipinski definition) is 1. The SMILES string of the molecule is CC(=O)N1CCN(C2=NCC=C(c3oc(-c4c(F)cccc4F)nc3C(N)=O)C=C2)CC1. The normalized spacial score (nSPS) is 16.5. The fraction of sp³-hybridized carbons (Fsp3) is 0.273. The minimum Gasteiger partial charge on any atom is -0.435 e. The Bertz CT molecular complexity index is 1140. The molecule has 1 fully saturated rings. The van der Waals surface area contributed by atoms with Crippen molar-refractivity contribution in [1.29, 1.82) is 0 Å². The van der Waals surface area contributed by atoms with Gasteiger partial charge in [0.15, 0.2) is 11.5 Å². The Morgan fingerprint density at radius 3 is 2.41 bits per heavy atom. The topological polar surface area (TPSA) is 105 Å². The number of benzene rings is 1. The average Bonchev–Trinajstić information content (AvgIpc) is 3.05. The number of aromatic nitrogens is 1. The number of carbonyl (C=O) groups is 2. The lowest BCUT2D eigenvalue weighted by molar-refractivity contribution is -0.130. The van der Waals surface area contributed by atoms with Crippen molar-refractivity contribution in [3.63, 3.8) is 0 Å². The van der Waals surface area contributed by atoms with E-state index in [4.69, 9.17) is 10.2 Å². The molecule has 1 saturated heterocycles. The van der Waals surface area contributed by atoms with Crippen LogP contribution in [0.15, 0.2) is 45.8 Å². The molecule has 32 heavy (non-hydrogen) atoms. The van der Waals surface area contributed by atoms with E-state index < -0.39 is 23.1 Å². The second-order valence-electron chi connectivity index (χ2n) is 7.34. The zero-order chi connectivity index (χ0) is 22.8. The van der Waals surface area contributed by atoms with E-state index in [1.807, 2.05) is 0 Å². The largest absolute Gasteiger partial charge is 0.435 e. The molecule has 2 N–H and O–H groups in total. The molecule has 1 aromatic carbocycles. The predicted molar refractivity (Wildman–Crippen MR) is 114 cm³/mol. The van der Waals surface area contributed by atoms with Crippen molar-refractivity contribution in [2.75, 3.05) is 32.7 Å². The number of hydrogen-bond acceptors (Lipinski definition) is 6. The van der Waals surface area contributed by atoms with Gasteiger partial charge in [-0.25, -0.2) is 13.8 Å². The number of halogens is 2. The molecule has 10 heteroatoms. The average molecular weight is 441 g/mol. The zero-order valence-corrected chi connectivity index (χ0v) is 17.3. The van der Waals surface area contributed by atoms with Crippen LogP contribution in [0, 0.1) is 11.6 Å². The van der Waals surface area contributed by atoms with Gasteiger partial charge in [0.05, 0.1) is 6.54 Å². The summed E-state index contributed by atoms with van der Waals surface area (Å²) in [6, 6.07) is 3.37. The highest BCUT2D eigenvalue weighted by Crippen LogP contribution is 2.31. The second kappa shape index (κ2) is 8.74. The summed E-state index contributed by atoms with van der Waals surface area (Å²) in [4.78, 5) is 35.8. The zero-order valence-electron chi connectivity index (χ0n) is 17.3. The smallest absolute Gasteiger partial charge is 0.271 e. The number of aliphatic imine (C=N–C) groups is 1.